The first-order valence-electron chi connectivity index (χ1n) is 8.58. The minimum absolute atomic E-state index is 0.504. The van der Waals surface area contributed by atoms with E-state index >= 15 is 0 Å². The van der Waals surface area contributed by atoms with E-state index in [4.69, 9.17) is 0 Å². The van der Waals surface area contributed by atoms with Gasteiger partial charge >= 0.3 is 0 Å². The van der Waals surface area contributed by atoms with Crippen LogP contribution in [0.2, 0.25) is 0 Å². The summed E-state index contributed by atoms with van der Waals surface area (Å²) in [5, 5.41) is 19.5. The Hall–Kier alpha value is -0.0800. The van der Waals surface area contributed by atoms with Gasteiger partial charge in [-0.25, -0.2) is 0 Å². The molecular weight excluding hydrogens is 236 g/mol. The van der Waals surface area contributed by atoms with Gasteiger partial charge in [0.1, 0.15) is 0 Å². The Morgan fingerprint density at radius 2 is 0.895 bits per heavy atom. The zero-order valence-electron chi connectivity index (χ0n) is 13.2. The number of hydrogen-bond donors (Lipinski definition) is 2. The van der Waals surface area contributed by atoms with Gasteiger partial charge in [0.25, 0.3) is 0 Å². The molecule has 0 rings (SSSR count). The van der Waals surface area contributed by atoms with Crippen LogP contribution in [0.15, 0.2) is 0 Å². The molecule has 0 heterocycles. The van der Waals surface area contributed by atoms with E-state index in [1.165, 1.54) is 51.4 Å². The molecule has 19 heavy (non-hydrogen) atoms. The van der Waals surface area contributed by atoms with E-state index in [9.17, 15) is 10.2 Å². The van der Waals surface area contributed by atoms with Crippen molar-refractivity contribution >= 4 is 0 Å². The molecule has 0 saturated heterocycles. The average Bonchev–Trinajstić information content (AvgIpc) is 2.42. The van der Waals surface area contributed by atoms with Crippen LogP contribution in [0.3, 0.4) is 0 Å². The lowest BCUT2D eigenvalue weighted by atomic mass is 10.0. The maximum atomic E-state index is 9.79. The Bertz CT molecular complexity index is 171. The average molecular weight is 272 g/mol. The summed E-state index contributed by atoms with van der Waals surface area (Å²) in [5.41, 5.74) is 0. The van der Waals surface area contributed by atoms with Gasteiger partial charge in [-0.3, -0.25) is 0 Å². The monoisotopic (exact) mass is 272 g/mol. The smallest absolute Gasteiger partial charge is 0.0799 e. The van der Waals surface area contributed by atoms with Crippen LogP contribution in [0.4, 0.5) is 0 Å². The molecule has 2 unspecified atom stereocenters. The Kier molecular flexibility index (Phi) is 14.3. The summed E-state index contributed by atoms with van der Waals surface area (Å²) in [7, 11) is 0. The van der Waals surface area contributed by atoms with Crippen LogP contribution < -0.4 is 0 Å². The normalized spacial score (nSPS) is 14.5. The SMILES string of the molecule is CCCCCCCCCCCC(O)C(O)CCCC. The quantitative estimate of drug-likeness (QED) is 0.445. The highest BCUT2D eigenvalue weighted by Gasteiger charge is 2.14. The third kappa shape index (κ3) is 12.7. The van der Waals surface area contributed by atoms with Crippen molar-refractivity contribution in [2.45, 2.75) is 110 Å². The first-order chi connectivity index (χ1) is 9.22. The lowest BCUT2D eigenvalue weighted by Crippen LogP contribution is -2.25. The number of aliphatic hydroxyl groups is 2. The molecule has 0 radical (unpaired) electrons. The number of unbranched alkanes of at least 4 members (excludes halogenated alkanes) is 9. The molecule has 0 fully saturated rings. The largest absolute Gasteiger partial charge is 0.390 e. The maximum absolute atomic E-state index is 9.79. The Balaban J connectivity index is 3.24. The van der Waals surface area contributed by atoms with Gasteiger partial charge < -0.3 is 10.2 Å². The summed E-state index contributed by atoms with van der Waals surface area (Å²) < 4.78 is 0. The fourth-order valence-electron chi connectivity index (χ4n) is 2.46. The molecule has 0 saturated carbocycles. The maximum Gasteiger partial charge on any atom is 0.0799 e. The molecule has 116 valence electrons. The van der Waals surface area contributed by atoms with Gasteiger partial charge in [-0.1, -0.05) is 84.5 Å². The zero-order chi connectivity index (χ0) is 14.3. The number of hydrogen-bond acceptors (Lipinski definition) is 2. The van der Waals surface area contributed by atoms with E-state index in [0.29, 0.717) is 0 Å². The summed E-state index contributed by atoms with van der Waals surface area (Å²) >= 11 is 0. The second kappa shape index (κ2) is 14.3. The van der Waals surface area contributed by atoms with E-state index in [2.05, 4.69) is 13.8 Å². The minimum Gasteiger partial charge on any atom is -0.390 e. The van der Waals surface area contributed by atoms with Crippen LogP contribution in [0, 0.1) is 0 Å². The summed E-state index contributed by atoms with van der Waals surface area (Å²) in [4.78, 5) is 0. The molecule has 0 aromatic rings. The second-order valence-electron chi connectivity index (χ2n) is 5.89. The van der Waals surface area contributed by atoms with E-state index in [1.807, 2.05) is 0 Å². The molecule has 2 heteroatoms. The van der Waals surface area contributed by atoms with Crippen LogP contribution in [-0.4, -0.2) is 22.4 Å². The van der Waals surface area contributed by atoms with Crippen molar-refractivity contribution in [3.05, 3.63) is 0 Å². The molecule has 2 N–H and O–H groups in total. The molecule has 2 atom stereocenters. The van der Waals surface area contributed by atoms with Crippen LogP contribution in [-0.2, 0) is 0 Å². The Labute approximate surface area is 120 Å². The predicted molar refractivity (Wildman–Crippen MR) is 83.4 cm³/mol. The van der Waals surface area contributed by atoms with Gasteiger partial charge in [0.2, 0.25) is 0 Å². The fraction of sp³-hybridized carbons (Fsp3) is 1.00. The van der Waals surface area contributed by atoms with Crippen LogP contribution in [0.5, 0.6) is 0 Å². The minimum atomic E-state index is -0.506. The van der Waals surface area contributed by atoms with Crippen LogP contribution in [0.25, 0.3) is 0 Å². The van der Waals surface area contributed by atoms with Gasteiger partial charge in [0.05, 0.1) is 12.2 Å². The molecule has 2 nitrogen and oxygen atoms in total. The van der Waals surface area contributed by atoms with Crippen molar-refractivity contribution < 1.29 is 10.2 Å². The fourth-order valence-corrected chi connectivity index (χ4v) is 2.46. The third-order valence-electron chi connectivity index (χ3n) is 3.90. The zero-order valence-corrected chi connectivity index (χ0v) is 13.2. The van der Waals surface area contributed by atoms with Gasteiger partial charge in [-0.15, -0.1) is 0 Å². The van der Waals surface area contributed by atoms with Gasteiger partial charge in [0, 0.05) is 0 Å². The first kappa shape index (κ1) is 18.9. The predicted octanol–water partition coefficient (Wildman–Crippen LogP) is 4.82. The highest BCUT2D eigenvalue weighted by molar-refractivity contribution is 4.67. The summed E-state index contributed by atoms with van der Waals surface area (Å²) in [6.07, 6.45) is 14.3. The first-order valence-corrected chi connectivity index (χ1v) is 8.58. The van der Waals surface area contributed by atoms with E-state index < -0.39 is 12.2 Å². The van der Waals surface area contributed by atoms with E-state index in [-0.39, 0.29) is 0 Å². The van der Waals surface area contributed by atoms with Crippen LogP contribution >= 0.6 is 0 Å². The number of rotatable bonds is 14. The summed E-state index contributed by atoms with van der Waals surface area (Å²) in [5.74, 6) is 0. The molecular formula is C17H36O2. The van der Waals surface area contributed by atoms with Crippen molar-refractivity contribution in [2.75, 3.05) is 0 Å². The Morgan fingerprint density at radius 1 is 0.526 bits per heavy atom. The highest BCUT2D eigenvalue weighted by atomic mass is 16.3. The molecule has 0 aliphatic heterocycles. The van der Waals surface area contributed by atoms with Crippen molar-refractivity contribution in [2.24, 2.45) is 0 Å². The number of aliphatic hydroxyl groups excluding tert-OH is 2. The van der Waals surface area contributed by atoms with Gasteiger partial charge in [0.15, 0.2) is 0 Å². The Morgan fingerprint density at radius 3 is 1.37 bits per heavy atom. The third-order valence-corrected chi connectivity index (χ3v) is 3.90. The topological polar surface area (TPSA) is 40.5 Å². The highest BCUT2D eigenvalue weighted by Crippen LogP contribution is 2.14. The molecule has 0 aliphatic rings. The molecule has 0 bridgehead atoms. The molecule has 0 aromatic carbocycles. The molecule has 0 aliphatic carbocycles. The molecule has 0 aromatic heterocycles. The van der Waals surface area contributed by atoms with Crippen molar-refractivity contribution in [1.82, 2.24) is 0 Å². The molecule has 0 amide bonds. The summed E-state index contributed by atoms with van der Waals surface area (Å²) in [6.45, 7) is 4.36. The van der Waals surface area contributed by atoms with Crippen molar-refractivity contribution in [1.29, 1.82) is 0 Å². The van der Waals surface area contributed by atoms with E-state index in [1.54, 1.807) is 0 Å². The van der Waals surface area contributed by atoms with E-state index in [0.717, 1.165) is 32.1 Å². The summed E-state index contributed by atoms with van der Waals surface area (Å²) in [6, 6.07) is 0. The van der Waals surface area contributed by atoms with Crippen molar-refractivity contribution in [3.8, 4) is 0 Å². The van der Waals surface area contributed by atoms with Crippen molar-refractivity contribution in [3.63, 3.8) is 0 Å². The van der Waals surface area contributed by atoms with Gasteiger partial charge in [-0.2, -0.15) is 0 Å². The lowest BCUT2D eigenvalue weighted by molar-refractivity contribution is 0.00738. The molecule has 0 spiro atoms. The van der Waals surface area contributed by atoms with Crippen LogP contribution in [0.1, 0.15) is 97.3 Å². The lowest BCUT2D eigenvalue weighted by Gasteiger charge is -2.17. The van der Waals surface area contributed by atoms with Gasteiger partial charge in [-0.05, 0) is 12.8 Å². The second-order valence-corrected chi connectivity index (χ2v) is 5.89. The standard InChI is InChI=1S/C17H36O2/c1-3-5-7-8-9-10-11-12-13-15-17(19)16(18)14-6-4-2/h16-19H,3-15H2,1-2H3.